The maximum atomic E-state index is 12.0. The summed E-state index contributed by atoms with van der Waals surface area (Å²) >= 11 is 0. The molecular weight excluding hydrogens is 232 g/mol. The van der Waals surface area contributed by atoms with E-state index in [1.54, 1.807) is 0 Å². The van der Waals surface area contributed by atoms with Crippen molar-refractivity contribution in [3.8, 4) is 0 Å². The Morgan fingerprint density at radius 2 is 1.83 bits per heavy atom. The summed E-state index contributed by atoms with van der Waals surface area (Å²) in [6, 6.07) is 1.45. The van der Waals surface area contributed by atoms with E-state index in [1.165, 1.54) is 12.8 Å². The normalized spacial score (nSPS) is 40.5. The summed E-state index contributed by atoms with van der Waals surface area (Å²) in [5.41, 5.74) is 0. The third-order valence-electron chi connectivity index (χ3n) is 5.02. The van der Waals surface area contributed by atoms with Crippen LogP contribution in [0.3, 0.4) is 0 Å². The lowest BCUT2D eigenvalue weighted by Crippen LogP contribution is -2.49. The van der Waals surface area contributed by atoms with Crippen LogP contribution in [-0.4, -0.2) is 58.5 Å². The minimum absolute atomic E-state index is 0.0383. The first-order chi connectivity index (χ1) is 8.56. The van der Waals surface area contributed by atoms with E-state index in [1.807, 2.05) is 4.90 Å². The first-order valence-electron chi connectivity index (χ1n) is 6.80. The molecule has 5 heteroatoms. The maximum absolute atomic E-state index is 12.0. The van der Waals surface area contributed by atoms with Gasteiger partial charge in [-0.2, -0.15) is 0 Å². The third kappa shape index (κ3) is 1.81. The molecule has 3 unspecified atom stereocenters. The molecule has 3 fully saturated rings. The van der Waals surface area contributed by atoms with Gasteiger partial charge in [-0.15, -0.1) is 0 Å². The van der Waals surface area contributed by atoms with Crippen LogP contribution in [0.15, 0.2) is 0 Å². The van der Waals surface area contributed by atoms with Crippen molar-refractivity contribution in [2.75, 3.05) is 13.6 Å². The van der Waals surface area contributed by atoms with Crippen molar-refractivity contribution in [2.45, 2.75) is 50.2 Å². The first kappa shape index (κ1) is 12.0. The monoisotopic (exact) mass is 252 g/mol. The fourth-order valence-electron chi connectivity index (χ4n) is 3.89. The van der Waals surface area contributed by atoms with E-state index in [-0.39, 0.29) is 18.4 Å². The van der Waals surface area contributed by atoms with Gasteiger partial charge in [-0.25, -0.2) is 0 Å². The molecule has 1 N–H and O–H groups in total. The second kappa shape index (κ2) is 4.23. The van der Waals surface area contributed by atoms with E-state index in [0.29, 0.717) is 18.6 Å². The van der Waals surface area contributed by atoms with Gasteiger partial charge in [0.15, 0.2) is 0 Å². The van der Waals surface area contributed by atoms with Gasteiger partial charge in [0.25, 0.3) is 0 Å². The third-order valence-corrected chi connectivity index (χ3v) is 5.02. The molecule has 0 spiro atoms. The number of rotatable bonds is 2. The van der Waals surface area contributed by atoms with Gasteiger partial charge in [-0.1, -0.05) is 0 Å². The van der Waals surface area contributed by atoms with Crippen LogP contribution in [0.2, 0.25) is 0 Å². The van der Waals surface area contributed by atoms with Crippen molar-refractivity contribution >= 4 is 11.9 Å². The molecule has 3 saturated heterocycles. The number of piperidine rings is 1. The smallest absolute Gasteiger partial charge is 0.308 e. The Hall–Kier alpha value is -1.10. The van der Waals surface area contributed by atoms with Crippen LogP contribution in [0.25, 0.3) is 0 Å². The van der Waals surface area contributed by atoms with Crippen LogP contribution in [-0.2, 0) is 9.59 Å². The zero-order valence-electron chi connectivity index (χ0n) is 10.7. The number of carbonyl (C=O) groups is 2. The van der Waals surface area contributed by atoms with Crippen LogP contribution in [0, 0.1) is 5.92 Å². The van der Waals surface area contributed by atoms with Crippen molar-refractivity contribution in [3.63, 3.8) is 0 Å². The van der Waals surface area contributed by atoms with Gasteiger partial charge >= 0.3 is 5.97 Å². The molecule has 3 rings (SSSR count). The van der Waals surface area contributed by atoms with Crippen LogP contribution in [0.5, 0.6) is 0 Å². The summed E-state index contributed by atoms with van der Waals surface area (Å²) in [7, 11) is 2.17. The van der Waals surface area contributed by atoms with Gasteiger partial charge in [-0.3, -0.25) is 9.59 Å². The maximum Gasteiger partial charge on any atom is 0.308 e. The average molecular weight is 252 g/mol. The summed E-state index contributed by atoms with van der Waals surface area (Å²) in [6.07, 6.45) is 4.68. The minimum atomic E-state index is -0.832. The molecular formula is C13H20N2O3. The Bertz CT molecular complexity index is 370. The molecule has 18 heavy (non-hydrogen) atoms. The van der Waals surface area contributed by atoms with E-state index < -0.39 is 11.9 Å². The van der Waals surface area contributed by atoms with E-state index >= 15 is 0 Å². The highest BCUT2D eigenvalue weighted by Crippen LogP contribution is 2.37. The SMILES string of the molecule is CN1C2CCC1CC(N1CC(C(=O)O)CC1=O)C2. The fourth-order valence-corrected chi connectivity index (χ4v) is 3.89. The van der Waals surface area contributed by atoms with Crippen LogP contribution >= 0.6 is 0 Å². The average Bonchev–Trinajstić information content (AvgIpc) is 2.77. The highest BCUT2D eigenvalue weighted by atomic mass is 16.4. The minimum Gasteiger partial charge on any atom is -0.481 e. The molecule has 5 nitrogen and oxygen atoms in total. The van der Waals surface area contributed by atoms with Gasteiger partial charge in [-0.05, 0) is 32.7 Å². The predicted octanol–water partition coefficient (Wildman–Crippen LogP) is 0.545. The molecule has 2 bridgehead atoms. The van der Waals surface area contributed by atoms with E-state index in [9.17, 15) is 9.59 Å². The summed E-state index contributed by atoms with van der Waals surface area (Å²) in [6.45, 7) is 0.419. The van der Waals surface area contributed by atoms with Gasteiger partial charge < -0.3 is 14.9 Å². The molecule has 0 aromatic carbocycles. The Morgan fingerprint density at radius 3 is 2.33 bits per heavy atom. The molecule has 0 aliphatic carbocycles. The number of likely N-dealkylation sites (tertiary alicyclic amines) is 1. The zero-order valence-corrected chi connectivity index (χ0v) is 10.7. The lowest BCUT2D eigenvalue weighted by molar-refractivity contribution is -0.141. The molecule has 0 saturated carbocycles. The zero-order chi connectivity index (χ0) is 12.9. The molecule has 3 heterocycles. The largest absolute Gasteiger partial charge is 0.481 e. The van der Waals surface area contributed by atoms with Gasteiger partial charge in [0, 0.05) is 31.1 Å². The summed E-state index contributed by atoms with van der Waals surface area (Å²) in [5.74, 6) is -1.28. The molecule has 1 amide bonds. The second-order valence-electron chi connectivity index (χ2n) is 5.96. The standard InChI is InChI=1S/C13H20N2O3/c1-14-9-2-3-10(14)6-11(5-9)15-7-8(13(17)18)4-12(15)16/h8-11H,2-7H2,1H3,(H,17,18). The second-order valence-corrected chi connectivity index (χ2v) is 5.96. The summed E-state index contributed by atoms with van der Waals surface area (Å²) in [4.78, 5) is 27.2. The number of carbonyl (C=O) groups excluding carboxylic acids is 1. The highest BCUT2D eigenvalue weighted by molar-refractivity contribution is 5.86. The molecule has 3 aliphatic rings. The van der Waals surface area contributed by atoms with Crippen molar-refractivity contribution in [1.29, 1.82) is 0 Å². The number of hydrogen-bond acceptors (Lipinski definition) is 3. The quantitative estimate of drug-likeness (QED) is 0.779. The number of aliphatic carboxylic acids is 1. The lowest BCUT2D eigenvalue weighted by atomic mass is 9.96. The van der Waals surface area contributed by atoms with Crippen molar-refractivity contribution in [1.82, 2.24) is 9.80 Å². The molecule has 3 aliphatic heterocycles. The van der Waals surface area contributed by atoms with Gasteiger partial charge in [0.05, 0.1) is 5.92 Å². The number of carboxylic acid groups (broad SMARTS) is 1. The molecule has 0 radical (unpaired) electrons. The van der Waals surface area contributed by atoms with Crippen molar-refractivity contribution in [2.24, 2.45) is 5.92 Å². The van der Waals surface area contributed by atoms with Crippen LogP contribution in [0.1, 0.15) is 32.1 Å². The first-order valence-corrected chi connectivity index (χ1v) is 6.80. The van der Waals surface area contributed by atoms with Crippen LogP contribution < -0.4 is 0 Å². The number of nitrogens with zero attached hydrogens (tertiary/aromatic N) is 2. The molecule has 3 atom stereocenters. The summed E-state index contributed by atoms with van der Waals surface area (Å²) < 4.78 is 0. The topological polar surface area (TPSA) is 60.9 Å². The molecule has 0 aromatic heterocycles. The highest BCUT2D eigenvalue weighted by Gasteiger charge is 2.44. The Morgan fingerprint density at radius 1 is 1.22 bits per heavy atom. The van der Waals surface area contributed by atoms with E-state index in [4.69, 9.17) is 5.11 Å². The fraction of sp³-hybridized carbons (Fsp3) is 0.846. The van der Waals surface area contributed by atoms with Gasteiger partial charge in [0.2, 0.25) is 5.91 Å². The predicted molar refractivity (Wildman–Crippen MR) is 65.1 cm³/mol. The Balaban J connectivity index is 1.69. The lowest BCUT2D eigenvalue weighted by Gasteiger charge is -2.40. The molecule has 0 aromatic rings. The number of amides is 1. The van der Waals surface area contributed by atoms with E-state index in [0.717, 1.165) is 12.8 Å². The summed E-state index contributed by atoms with van der Waals surface area (Å²) in [5, 5.41) is 9.02. The van der Waals surface area contributed by atoms with Crippen LogP contribution in [0.4, 0.5) is 0 Å². The number of carboxylic acids is 1. The van der Waals surface area contributed by atoms with E-state index in [2.05, 4.69) is 11.9 Å². The van der Waals surface area contributed by atoms with Crippen molar-refractivity contribution < 1.29 is 14.7 Å². The van der Waals surface area contributed by atoms with Gasteiger partial charge in [0.1, 0.15) is 0 Å². The number of hydrogen-bond donors (Lipinski definition) is 1. The number of fused-ring (bicyclic) bond motifs is 2. The van der Waals surface area contributed by atoms with Crippen molar-refractivity contribution in [3.05, 3.63) is 0 Å². The Kier molecular flexibility index (Phi) is 2.81. The molecule has 100 valence electrons. The Labute approximate surface area is 107 Å².